The summed E-state index contributed by atoms with van der Waals surface area (Å²) in [4.78, 5) is 35.4. The van der Waals surface area contributed by atoms with Crippen LogP contribution in [0.5, 0.6) is 0 Å². The highest BCUT2D eigenvalue weighted by molar-refractivity contribution is 5.97. The maximum absolute atomic E-state index is 12.2. The van der Waals surface area contributed by atoms with Gasteiger partial charge in [-0.05, 0) is 26.0 Å². The number of aliphatic hydroxyl groups is 2. The monoisotopic (exact) mass is 376 g/mol. The second-order valence-corrected chi connectivity index (χ2v) is 6.54. The molecule has 27 heavy (non-hydrogen) atoms. The Kier molecular flexibility index (Phi) is 6.54. The molecule has 0 heterocycles. The number of aliphatic hydroxyl groups excluding tert-OH is 2. The van der Waals surface area contributed by atoms with Crippen LogP contribution in [0.2, 0.25) is 0 Å². The first-order valence-corrected chi connectivity index (χ1v) is 8.48. The van der Waals surface area contributed by atoms with Crippen molar-refractivity contribution >= 4 is 23.5 Å². The number of nitrogens with two attached hydrogens (primary N) is 1. The van der Waals surface area contributed by atoms with Crippen molar-refractivity contribution in [1.82, 2.24) is 10.6 Å². The van der Waals surface area contributed by atoms with Gasteiger partial charge in [-0.3, -0.25) is 9.59 Å². The lowest BCUT2D eigenvalue weighted by molar-refractivity contribution is -0.125. The number of carbonyl (C=O) groups is 3. The third-order valence-electron chi connectivity index (χ3n) is 4.25. The summed E-state index contributed by atoms with van der Waals surface area (Å²) < 4.78 is 0. The summed E-state index contributed by atoms with van der Waals surface area (Å²) in [5, 5.41) is 27.7. The van der Waals surface area contributed by atoms with Gasteiger partial charge in [0.1, 0.15) is 12.1 Å². The van der Waals surface area contributed by atoms with Gasteiger partial charge in [-0.25, -0.2) is 4.79 Å². The number of rotatable bonds is 5. The minimum atomic E-state index is -1.28. The minimum Gasteiger partial charge on any atom is -0.390 e. The minimum absolute atomic E-state index is 0.115. The van der Waals surface area contributed by atoms with Crippen LogP contribution in [0, 0.1) is 6.92 Å². The van der Waals surface area contributed by atoms with Gasteiger partial charge in [-0.15, -0.1) is 0 Å². The number of primary amides is 1. The Bertz CT molecular complexity index is 747. The topological polar surface area (TPSA) is 154 Å². The fraction of sp³-hybridized carbons (Fsp3) is 0.389. The molecular formula is C18H24N4O5. The lowest BCUT2D eigenvalue weighted by Gasteiger charge is -2.31. The van der Waals surface area contributed by atoms with Crippen molar-refractivity contribution in [3.63, 3.8) is 0 Å². The Morgan fingerprint density at radius 3 is 2.41 bits per heavy atom. The molecule has 0 aromatic heterocycles. The number of nitrogens with one attached hydrogen (secondary N) is 3. The summed E-state index contributed by atoms with van der Waals surface area (Å²) >= 11 is 0. The average molecular weight is 376 g/mol. The van der Waals surface area contributed by atoms with Gasteiger partial charge in [0.15, 0.2) is 0 Å². The standard InChI is InChI=1S/C18H24N4O5/c1-9-3-5-12(6-4-9)21-18(27)22-13-7-11(8-14(23)15(13)24)17(26)20-10(2)16(19)25/h3-7,10,13-15,23-24H,8H2,1-2H3,(H2,19,25)(H,20,26)(H2,21,22,27)/t10-,13-,14-,15-/m1/s1. The molecule has 1 aromatic rings. The first-order chi connectivity index (χ1) is 12.7. The van der Waals surface area contributed by atoms with Crippen molar-refractivity contribution in [3.05, 3.63) is 41.5 Å². The average Bonchev–Trinajstić information content (AvgIpc) is 2.60. The fourth-order valence-corrected chi connectivity index (χ4v) is 2.58. The summed E-state index contributed by atoms with van der Waals surface area (Å²) in [6, 6.07) is 4.64. The smallest absolute Gasteiger partial charge is 0.319 e. The number of hydrogen-bond donors (Lipinski definition) is 6. The van der Waals surface area contributed by atoms with E-state index in [1.54, 1.807) is 12.1 Å². The summed E-state index contributed by atoms with van der Waals surface area (Å²) in [6.07, 6.45) is -1.28. The molecule has 7 N–H and O–H groups in total. The van der Waals surface area contributed by atoms with Crippen molar-refractivity contribution in [3.8, 4) is 0 Å². The lowest BCUT2D eigenvalue weighted by Crippen LogP contribution is -2.52. The molecule has 0 aliphatic heterocycles. The Labute approximate surface area is 156 Å². The van der Waals surface area contributed by atoms with E-state index in [0.717, 1.165) is 5.56 Å². The molecule has 1 aromatic carbocycles. The molecule has 4 amide bonds. The maximum atomic E-state index is 12.2. The maximum Gasteiger partial charge on any atom is 0.319 e. The molecule has 4 atom stereocenters. The van der Waals surface area contributed by atoms with E-state index < -0.39 is 42.1 Å². The number of hydrogen-bond acceptors (Lipinski definition) is 5. The van der Waals surface area contributed by atoms with E-state index in [0.29, 0.717) is 5.69 Å². The van der Waals surface area contributed by atoms with E-state index in [4.69, 9.17) is 5.73 Å². The molecule has 0 saturated carbocycles. The first kappa shape index (κ1) is 20.4. The summed E-state index contributed by atoms with van der Waals surface area (Å²) in [6.45, 7) is 3.35. The van der Waals surface area contributed by atoms with Crippen LogP contribution in [0.4, 0.5) is 10.5 Å². The van der Waals surface area contributed by atoms with Crippen LogP contribution < -0.4 is 21.7 Å². The van der Waals surface area contributed by atoms with Crippen LogP contribution >= 0.6 is 0 Å². The van der Waals surface area contributed by atoms with Gasteiger partial charge in [0, 0.05) is 17.7 Å². The van der Waals surface area contributed by atoms with Crippen LogP contribution in [-0.4, -0.2) is 52.4 Å². The Morgan fingerprint density at radius 2 is 1.81 bits per heavy atom. The lowest BCUT2D eigenvalue weighted by atomic mass is 9.90. The third kappa shape index (κ3) is 5.53. The molecular weight excluding hydrogens is 352 g/mol. The van der Waals surface area contributed by atoms with E-state index in [1.807, 2.05) is 19.1 Å². The van der Waals surface area contributed by atoms with Crippen molar-refractivity contribution in [2.24, 2.45) is 5.73 Å². The van der Waals surface area contributed by atoms with E-state index in [1.165, 1.54) is 13.0 Å². The zero-order valence-electron chi connectivity index (χ0n) is 15.1. The van der Waals surface area contributed by atoms with E-state index >= 15 is 0 Å². The first-order valence-electron chi connectivity index (χ1n) is 8.48. The molecule has 1 aliphatic carbocycles. The Morgan fingerprint density at radius 1 is 1.19 bits per heavy atom. The highest BCUT2D eigenvalue weighted by Gasteiger charge is 2.34. The van der Waals surface area contributed by atoms with Gasteiger partial charge in [0.05, 0.1) is 12.1 Å². The van der Waals surface area contributed by atoms with Gasteiger partial charge >= 0.3 is 6.03 Å². The molecule has 1 aliphatic rings. The molecule has 146 valence electrons. The van der Waals surface area contributed by atoms with Gasteiger partial charge < -0.3 is 31.9 Å². The number of aryl methyl sites for hydroxylation is 1. The van der Waals surface area contributed by atoms with Gasteiger partial charge in [-0.2, -0.15) is 0 Å². The molecule has 0 fully saturated rings. The van der Waals surface area contributed by atoms with Crippen LogP contribution in [0.3, 0.4) is 0 Å². The molecule has 0 radical (unpaired) electrons. The summed E-state index contributed by atoms with van der Waals surface area (Å²) in [7, 11) is 0. The predicted octanol–water partition coefficient (Wildman–Crippen LogP) is -0.473. The third-order valence-corrected chi connectivity index (χ3v) is 4.25. The molecule has 9 heteroatoms. The largest absolute Gasteiger partial charge is 0.390 e. The molecule has 0 saturated heterocycles. The van der Waals surface area contributed by atoms with Gasteiger partial charge in [0.2, 0.25) is 11.8 Å². The molecule has 9 nitrogen and oxygen atoms in total. The molecule has 0 spiro atoms. The fourth-order valence-electron chi connectivity index (χ4n) is 2.58. The van der Waals surface area contributed by atoms with Gasteiger partial charge in [0.25, 0.3) is 0 Å². The van der Waals surface area contributed by atoms with Crippen LogP contribution in [0.15, 0.2) is 35.9 Å². The number of carbonyl (C=O) groups excluding carboxylic acids is 3. The van der Waals surface area contributed by atoms with Crippen LogP contribution in [0.25, 0.3) is 0 Å². The zero-order valence-corrected chi connectivity index (χ0v) is 15.1. The Balaban J connectivity index is 2.06. The van der Waals surface area contributed by atoms with Crippen molar-refractivity contribution < 1.29 is 24.6 Å². The predicted molar refractivity (Wildman–Crippen MR) is 98.6 cm³/mol. The zero-order chi connectivity index (χ0) is 20.1. The van der Waals surface area contributed by atoms with Crippen LogP contribution in [0.1, 0.15) is 18.9 Å². The van der Waals surface area contributed by atoms with E-state index in [2.05, 4.69) is 16.0 Å². The molecule has 0 bridgehead atoms. The van der Waals surface area contributed by atoms with E-state index in [-0.39, 0.29) is 12.0 Å². The van der Waals surface area contributed by atoms with Gasteiger partial charge in [-0.1, -0.05) is 23.8 Å². The highest BCUT2D eigenvalue weighted by atomic mass is 16.3. The number of amides is 4. The molecule has 0 unspecified atom stereocenters. The SMILES string of the molecule is Cc1ccc(NC(=O)N[C@@H]2C=C(C(=O)N[C@H](C)C(N)=O)C[C@@H](O)[C@@H]2O)cc1. The number of urea groups is 1. The quantitative estimate of drug-likeness (QED) is 0.410. The van der Waals surface area contributed by atoms with Crippen molar-refractivity contribution in [1.29, 1.82) is 0 Å². The second-order valence-electron chi connectivity index (χ2n) is 6.54. The summed E-state index contributed by atoms with van der Waals surface area (Å²) in [5.41, 5.74) is 6.85. The number of anilines is 1. The molecule has 2 rings (SSSR count). The van der Waals surface area contributed by atoms with Crippen molar-refractivity contribution in [2.45, 2.75) is 44.6 Å². The van der Waals surface area contributed by atoms with E-state index in [9.17, 15) is 24.6 Å². The van der Waals surface area contributed by atoms with Crippen molar-refractivity contribution in [2.75, 3.05) is 5.32 Å². The Hall–Kier alpha value is -2.91. The van der Waals surface area contributed by atoms with Crippen LogP contribution in [-0.2, 0) is 9.59 Å². The summed E-state index contributed by atoms with van der Waals surface area (Å²) in [5.74, 6) is -1.30. The second kappa shape index (κ2) is 8.65. The number of benzene rings is 1. The highest BCUT2D eigenvalue weighted by Crippen LogP contribution is 2.20. The normalized spacial score (nSPS) is 23.0.